The Morgan fingerprint density at radius 2 is 2.10 bits per heavy atom. The fourth-order valence-electron chi connectivity index (χ4n) is 1.76. The normalized spacial score (nSPS) is 10.2. The van der Waals surface area contributed by atoms with Crippen LogP contribution in [0.5, 0.6) is 11.5 Å². The van der Waals surface area contributed by atoms with Crippen molar-refractivity contribution in [2.45, 2.75) is 6.61 Å². The molecule has 0 saturated carbocycles. The van der Waals surface area contributed by atoms with E-state index < -0.39 is 11.8 Å². The minimum Gasteiger partial charge on any atom is -0.497 e. The van der Waals surface area contributed by atoms with E-state index in [1.165, 1.54) is 31.4 Å². The molecule has 0 radical (unpaired) electrons. The molecule has 0 aliphatic rings. The topological polar surface area (TPSA) is 55.8 Å². The van der Waals surface area contributed by atoms with Crippen LogP contribution in [-0.2, 0) is 6.61 Å². The Morgan fingerprint density at radius 3 is 2.71 bits per heavy atom. The number of aromatic carboxylic acids is 1. The van der Waals surface area contributed by atoms with Gasteiger partial charge < -0.3 is 14.6 Å². The van der Waals surface area contributed by atoms with Gasteiger partial charge in [-0.1, -0.05) is 17.7 Å². The van der Waals surface area contributed by atoms with Gasteiger partial charge in [0.05, 0.1) is 12.1 Å². The molecular formula is C15H12ClFO4. The van der Waals surface area contributed by atoms with Crippen LogP contribution in [0.4, 0.5) is 4.39 Å². The van der Waals surface area contributed by atoms with E-state index in [9.17, 15) is 9.18 Å². The molecule has 0 amide bonds. The number of methoxy groups -OCH3 is 1. The molecule has 21 heavy (non-hydrogen) atoms. The molecule has 2 rings (SSSR count). The third kappa shape index (κ3) is 3.44. The van der Waals surface area contributed by atoms with Crippen molar-refractivity contribution in [2.75, 3.05) is 7.11 Å². The summed E-state index contributed by atoms with van der Waals surface area (Å²) < 4.78 is 24.1. The van der Waals surface area contributed by atoms with Gasteiger partial charge in [-0.2, -0.15) is 0 Å². The van der Waals surface area contributed by atoms with Gasteiger partial charge in [0.25, 0.3) is 0 Å². The van der Waals surface area contributed by atoms with Crippen LogP contribution in [0.15, 0.2) is 36.4 Å². The summed E-state index contributed by atoms with van der Waals surface area (Å²) in [6, 6.07) is 8.82. The number of hydrogen-bond acceptors (Lipinski definition) is 3. The van der Waals surface area contributed by atoms with E-state index in [1.54, 1.807) is 12.1 Å². The van der Waals surface area contributed by atoms with Crippen molar-refractivity contribution in [3.63, 3.8) is 0 Å². The zero-order chi connectivity index (χ0) is 15.4. The zero-order valence-electron chi connectivity index (χ0n) is 11.1. The van der Waals surface area contributed by atoms with Crippen molar-refractivity contribution in [3.05, 3.63) is 58.4 Å². The second-order valence-electron chi connectivity index (χ2n) is 4.16. The van der Waals surface area contributed by atoms with Crippen molar-refractivity contribution in [3.8, 4) is 11.5 Å². The van der Waals surface area contributed by atoms with Gasteiger partial charge in [-0.3, -0.25) is 0 Å². The standard InChI is InChI=1S/C15H12ClFO4/c1-20-10-6-5-9(12(17)7-10)8-21-13-4-2-3-11(16)14(13)15(18)19/h2-7H,8H2,1H3,(H,18,19). The summed E-state index contributed by atoms with van der Waals surface area (Å²) in [5.41, 5.74) is 0.139. The summed E-state index contributed by atoms with van der Waals surface area (Å²) in [4.78, 5) is 11.1. The van der Waals surface area contributed by atoms with E-state index in [-0.39, 0.29) is 28.5 Å². The molecule has 0 aromatic heterocycles. The van der Waals surface area contributed by atoms with E-state index in [4.69, 9.17) is 26.2 Å². The smallest absolute Gasteiger partial charge is 0.341 e. The molecule has 0 unspecified atom stereocenters. The van der Waals surface area contributed by atoms with Gasteiger partial charge in [-0.25, -0.2) is 9.18 Å². The predicted molar refractivity (Wildman–Crippen MR) is 75.7 cm³/mol. The molecule has 6 heteroatoms. The van der Waals surface area contributed by atoms with Gasteiger partial charge >= 0.3 is 5.97 Å². The number of benzene rings is 2. The SMILES string of the molecule is COc1ccc(COc2cccc(Cl)c2C(=O)O)c(F)c1. The average molecular weight is 311 g/mol. The molecular weight excluding hydrogens is 299 g/mol. The van der Waals surface area contributed by atoms with E-state index in [1.807, 2.05) is 0 Å². The summed E-state index contributed by atoms with van der Waals surface area (Å²) in [5, 5.41) is 9.18. The number of ether oxygens (including phenoxy) is 2. The highest BCUT2D eigenvalue weighted by Crippen LogP contribution is 2.27. The molecule has 0 aliphatic carbocycles. The number of carboxylic acids is 1. The molecule has 4 nitrogen and oxygen atoms in total. The van der Waals surface area contributed by atoms with Gasteiger partial charge in [0.2, 0.25) is 0 Å². The second kappa shape index (κ2) is 6.45. The lowest BCUT2D eigenvalue weighted by molar-refractivity contribution is 0.0692. The third-order valence-corrected chi connectivity index (χ3v) is 3.15. The van der Waals surface area contributed by atoms with Crippen LogP contribution in [0.1, 0.15) is 15.9 Å². The van der Waals surface area contributed by atoms with E-state index >= 15 is 0 Å². The van der Waals surface area contributed by atoms with Crippen LogP contribution in [0.25, 0.3) is 0 Å². The Balaban J connectivity index is 2.21. The van der Waals surface area contributed by atoms with Gasteiger partial charge in [0, 0.05) is 11.6 Å². The zero-order valence-corrected chi connectivity index (χ0v) is 11.9. The summed E-state index contributed by atoms with van der Waals surface area (Å²) in [7, 11) is 1.44. The molecule has 2 aromatic rings. The van der Waals surface area contributed by atoms with E-state index in [2.05, 4.69) is 0 Å². The summed E-state index contributed by atoms with van der Waals surface area (Å²) in [6.45, 7) is -0.115. The lowest BCUT2D eigenvalue weighted by atomic mass is 10.2. The maximum atomic E-state index is 13.8. The van der Waals surface area contributed by atoms with Crippen LogP contribution in [0.2, 0.25) is 5.02 Å². The molecule has 0 fully saturated rings. The maximum Gasteiger partial charge on any atom is 0.341 e. The van der Waals surface area contributed by atoms with Crippen LogP contribution in [0, 0.1) is 5.82 Å². The Kier molecular flexibility index (Phi) is 4.65. The molecule has 0 heterocycles. The van der Waals surface area contributed by atoms with Crippen LogP contribution in [-0.4, -0.2) is 18.2 Å². The summed E-state index contributed by atoms with van der Waals surface area (Å²) in [5.74, 6) is -1.21. The molecule has 0 atom stereocenters. The van der Waals surface area contributed by atoms with Crippen LogP contribution >= 0.6 is 11.6 Å². The molecule has 110 valence electrons. The molecule has 0 aliphatic heterocycles. The highest BCUT2D eigenvalue weighted by molar-refractivity contribution is 6.33. The predicted octanol–water partition coefficient (Wildman–Crippen LogP) is 3.76. The first-order valence-electron chi connectivity index (χ1n) is 6.00. The quantitative estimate of drug-likeness (QED) is 0.913. The van der Waals surface area contributed by atoms with E-state index in [0.29, 0.717) is 5.75 Å². The number of carbonyl (C=O) groups is 1. The monoisotopic (exact) mass is 310 g/mol. The van der Waals surface area contributed by atoms with Crippen LogP contribution in [0.3, 0.4) is 0 Å². The van der Waals surface area contributed by atoms with Crippen molar-refractivity contribution in [1.29, 1.82) is 0 Å². The lowest BCUT2D eigenvalue weighted by Gasteiger charge is -2.11. The van der Waals surface area contributed by atoms with Gasteiger partial charge in [-0.15, -0.1) is 0 Å². The molecule has 1 N–H and O–H groups in total. The third-order valence-electron chi connectivity index (χ3n) is 2.83. The number of rotatable bonds is 5. The fraction of sp³-hybridized carbons (Fsp3) is 0.133. The highest BCUT2D eigenvalue weighted by Gasteiger charge is 2.16. The summed E-state index contributed by atoms with van der Waals surface area (Å²) in [6.07, 6.45) is 0. The summed E-state index contributed by atoms with van der Waals surface area (Å²) >= 11 is 5.83. The number of carboxylic acid groups (broad SMARTS) is 1. The lowest BCUT2D eigenvalue weighted by Crippen LogP contribution is -2.05. The van der Waals surface area contributed by atoms with Gasteiger partial charge in [0.1, 0.15) is 29.5 Å². The Morgan fingerprint density at radius 1 is 1.33 bits per heavy atom. The number of halogens is 2. The molecule has 0 spiro atoms. The maximum absolute atomic E-state index is 13.8. The Hall–Kier alpha value is -2.27. The Bertz CT molecular complexity index is 673. The minimum atomic E-state index is -1.20. The van der Waals surface area contributed by atoms with Gasteiger partial charge in [0.15, 0.2) is 0 Å². The second-order valence-corrected chi connectivity index (χ2v) is 4.57. The Labute approximate surface area is 125 Å². The highest BCUT2D eigenvalue weighted by atomic mass is 35.5. The van der Waals surface area contributed by atoms with Crippen molar-refractivity contribution >= 4 is 17.6 Å². The fourth-order valence-corrected chi connectivity index (χ4v) is 2.01. The molecule has 0 bridgehead atoms. The largest absolute Gasteiger partial charge is 0.497 e. The van der Waals surface area contributed by atoms with Gasteiger partial charge in [-0.05, 0) is 24.3 Å². The van der Waals surface area contributed by atoms with Crippen molar-refractivity contribution < 1.29 is 23.8 Å². The molecule has 2 aromatic carbocycles. The molecule has 0 saturated heterocycles. The first-order valence-corrected chi connectivity index (χ1v) is 6.37. The van der Waals surface area contributed by atoms with Crippen molar-refractivity contribution in [1.82, 2.24) is 0 Å². The average Bonchev–Trinajstić information content (AvgIpc) is 2.45. The van der Waals surface area contributed by atoms with E-state index in [0.717, 1.165) is 0 Å². The number of hydrogen-bond donors (Lipinski definition) is 1. The first-order chi connectivity index (χ1) is 10.0. The van der Waals surface area contributed by atoms with Crippen LogP contribution < -0.4 is 9.47 Å². The first kappa shape index (κ1) is 15.1. The minimum absolute atomic E-state index is 0.0650. The van der Waals surface area contributed by atoms with Crippen molar-refractivity contribution in [2.24, 2.45) is 0 Å².